The van der Waals surface area contributed by atoms with Gasteiger partial charge in [0.25, 0.3) is 0 Å². The molecule has 1 rings (SSSR count). The van der Waals surface area contributed by atoms with Crippen LogP contribution in [0.4, 0.5) is 0 Å². The van der Waals surface area contributed by atoms with E-state index >= 15 is 0 Å². The second kappa shape index (κ2) is 0.529. The summed E-state index contributed by atoms with van der Waals surface area (Å²) in [6.45, 7) is 0. The van der Waals surface area contributed by atoms with Gasteiger partial charge in [-0.15, -0.1) is 0 Å². The molecule has 1 unspecified atom stereocenters. The average molecular weight is 93.1 g/mol. The van der Waals surface area contributed by atoms with Crippen molar-refractivity contribution in [2.45, 2.75) is 0 Å². The summed E-state index contributed by atoms with van der Waals surface area (Å²) in [5.74, 6) is 0.160. The molecule has 0 fully saturated rings. The van der Waals surface area contributed by atoms with Crippen LogP contribution in [0.15, 0.2) is 4.36 Å². The van der Waals surface area contributed by atoms with Crippen molar-refractivity contribution in [1.82, 2.24) is 0 Å². The fourth-order valence-electron chi connectivity index (χ4n) is 0.0451. The van der Waals surface area contributed by atoms with E-state index in [1.807, 2.05) is 0 Å². The van der Waals surface area contributed by atoms with Gasteiger partial charge in [-0.25, -0.2) is 4.21 Å². The van der Waals surface area contributed by atoms with Gasteiger partial charge in [-0.3, -0.25) is 4.55 Å². The highest BCUT2D eigenvalue weighted by Crippen LogP contribution is 2.04. The lowest BCUT2D eigenvalue weighted by Crippen LogP contribution is -1.72. The molecule has 0 bridgehead atoms. The smallest absolute Gasteiger partial charge is 0.183 e. The van der Waals surface area contributed by atoms with E-state index in [9.17, 15) is 4.21 Å². The van der Waals surface area contributed by atoms with Crippen LogP contribution in [0.5, 0.6) is 0 Å². The second-order valence-electron chi connectivity index (χ2n) is 0.865. The van der Waals surface area contributed by atoms with Crippen molar-refractivity contribution in [3.63, 3.8) is 0 Å². The lowest BCUT2D eigenvalue weighted by atomic mass is 11.6. The summed E-state index contributed by atoms with van der Waals surface area (Å²) in [5.41, 5.74) is 0. The van der Waals surface area contributed by atoms with Crippen LogP contribution in [-0.4, -0.2) is 14.6 Å². The summed E-state index contributed by atoms with van der Waals surface area (Å²) >= 11 is 0. The number of hydrogen-bond donors (Lipinski definition) is 1. The number of hydrogen-bond acceptors (Lipinski definition) is 2. The van der Waals surface area contributed by atoms with Gasteiger partial charge in [0.1, 0.15) is 0 Å². The molecule has 0 aromatic carbocycles. The predicted molar refractivity (Wildman–Crippen MR) is 18.1 cm³/mol. The molecule has 0 amide bonds. The molecular formula is CH3NO2S. The van der Waals surface area contributed by atoms with Gasteiger partial charge in [0, 0.05) is 0 Å². The van der Waals surface area contributed by atoms with Gasteiger partial charge < -0.3 is 0 Å². The molecule has 3 nitrogen and oxygen atoms in total. The summed E-state index contributed by atoms with van der Waals surface area (Å²) < 4.78 is 20.8. The van der Waals surface area contributed by atoms with Crippen LogP contribution < -0.4 is 0 Å². The Morgan fingerprint density at radius 2 is 2.20 bits per heavy atom. The van der Waals surface area contributed by atoms with Crippen molar-refractivity contribution in [2.75, 3.05) is 5.88 Å². The van der Waals surface area contributed by atoms with Crippen LogP contribution in [-0.2, 0) is 10.0 Å². The highest BCUT2D eigenvalue weighted by atomic mass is 32.2. The Morgan fingerprint density at radius 3 is 2.20 bits per heavy atom. The first-order chi connectivity index (χ1) is 2.21. The van der Waals surface area contributed by atoms with Crippen molar-refractivity contribution < 1.29 is 8.76 Å². The third kappa shape index (κ3) is 0.592. The first-order valence-corrected chi connectivity index (χ1v) is 2.78. The molecule has 0 aliphatic carbocycles. The largest absolute Gasteiger partial charge is 0.299 e. The van der Waals surface area contributed by atoms with E-state index in [2.05, 4.69) is 4.36 Å². The molecule has 0 spiro atoms. The molecular weight excluding hydrogens is 90.1 g/mol. The normalized spacial score (nSPS) is 47.4. The zero-order valence-electron chi connectivity index (χ0n) is 2.42. The van der Waals surface area contributed by atoms with Crippen LogP contribution in [0, 0.1) is 0 Å². The fourth-order valence-corrected chi connectivity index (χ4v) is 0.406. The molecule has 0 aromatic heterocycles. The lowest BCUT2D eigenvalue weighted by molar-refractivity contribution is 0.569. The lowest BCUT2D eigenvalue weighted by Gasteiger charge is -1.57. The zero-order chi connectivity index (χ0) is 3.91. The molecule has 4 heteroatoms. The Morgan fingerprint density at radius 1 is 2.00 bits per heavy atom. The SMILES string of the molecule is O=S1(O)=NC1. The third-order valence-electron chi connectivity index (χ3n) is 0.350. The molecule has 0 aromatic rings. The average Bonchev–Trinajstić information content (AvgIpc) is 1.76. The molecule has 1 heterocycles. The highest BCUT2D eigenvalue weighted by molar-refractivity contribution is 7.92. The minimum absolute atomic E-state index is 0.160. The number of nitrogens with zero attached hydrogens (tertiary/aromatic N) is 1. The quantitative estimate of drug-likeness (QED) is 0.454. The van der Waals surface area contributed by atoms with E-state index in [-0.39, 0.29) is 5.88 Å². The molecule has 0 saturated heterocycles. The first-order valence-electron chi connectivity index (χ1n) is 1.14. The van der Waals surface area contributed by atoms with E-state index in [4.69, 9.17) is 4.55 Å². The minimum Gasteiger partial charge on any atom is -0.299 e. The van der Waals surface area contributed by atoms with Gasteiger partial charge in [-0.1, -0.05) is 0 Å². The Labute approximate surface area is 30.0 Å². The van der Waals surface area contributed by atoms with E-state index in [0.29, 0.717) is 0 Å². The molecule has 5 heavy (non-hydrogen) atoms. The minimum atomic E-state index is -2.54. The Kier molecular flexibility index (Phi) is 0.330. The van der Waals surface area contributed by atoms with Crippen molar-refractivity contribution in [3.05, 3.63) is 0 Å². The third-order valence-corrected chi connectivity index (χ3v) is 1.05. The molecule has 0 saturated carbocycles. The van der Waals surface area contributed by atoms with Crippen molar-refractivity contribution >= 4 is 10.0 Å². The molecule has 0 radical (unpaired) electrons. The Hall–Kier alpha value is -0.0900. The maximum absolute atomic E-state index is 9.69. The van der Waals surface area contributed by atoms with E-state index in [0.717, 1.165) is 0 Å². The second-order valence-corrected chi connectivity index (χ2v) is 2.59. The van der Waals surface area contributed by atoms with E-state index < -0.39 is 10.0 Å². The Bertz CT molecular complexity index is 142. The predicted octanol–water partition coefficient (Wildman–Crippen LogP) is -0.101. The maximum atomic E-state index is 9.69. The van der Waals surface area contributed by atoms with Crippen molar-refractivity contribution in [2.24, 2.45) is 4.36 Å². The summed E-state index contributed by atoms with van der Waals surface area (Å²) in [6, 6.07) is 0. The fraction of sp³-hybridized carbons (Fsp3) is 1.00. The molecule has 1 aliphatic heterocycles. The summed E-state index contributed by atoms with van der Waals surface area (Å²) in [6.07, 6.45) is 0. The van der Waals surface area contributed by atoms with Crippen molar-refractivity contribution in [1.29, 1.82) is 0 Å². The van der Waals surface area contributed by atoms with Gasteiger partial charge in [0.05, 0.1) is 0 Å². The first kappa shape index (κ1) is 3.11. The monoisotopic (exact) mass is 93.0 g/mol. The van der Waals surface area contributed by atoms with E-state index in [1.54, 1.807) is 0 Å². The van der Waals surface area contributed by atoms with Crippen LogP contribution in [0.25, 0.3) is 0 Å². The molecule has 1 N–H and O–H groups in total. The van der Waals surface area contributed by atoms with Crippen LogP contribution in [0.2, 0.25) is 0 Å². The zero-order valence-corrected chi connectivity index (χ0v) is 3.23. The van der Waals surface area contributed by atoms with Gasteiger partial charge >= 0.3 is 0 Å². The van der Waals surface area contributed by atoms with Gasteiger partial charge in [0.15, 0.2) is 15.9 Å². The number of rotatable bonds is 0. The van der Waals surface area contributed by atoms with Gasteiger partial charge in [-0.05, 0) is 0 Å². The van der Waals surface area contributed by atoms with Crippen LogP contribution in [0.3, 0.4) is 0 Å². The molecule has 30 valence electrons. The van der Waals surface area contributed by atoms with E-state index in [1.165, 1.54) is 0 Å². The van der Waals surface area contributed by atoms with Gasteiger partial charge in [0.2, 0.25) is 0 Å². The topological polar surface area (TPSA) is 49.7 Å². The van der Waals surface area contributed by atoms with Crippen LogP contribution in [0.1, 0.15) is 0 Å². The molecule has 1 aliphatic rings. The molecule has 1 atom stereocenters. The highest BCUT2D eigenvalue weighted by Gasteiger charge is 2.13. The summed E-state index contributed by atoms with van der Waals surface area (Å²) in [5, 5.41) is 0. The summed E-state index contributed by atoms with van der Waals surface area (Å²) in [7, 11) is -2.54. The summed E-state index contributed by atoms with van der Waals surface area (Å²) in [4.78, 5) is 0. The standard InChI is InChI=1S/CH3NO2S/c3-5(4)1-2-5/h1H2,(H,2,3,4). The van der Waals surface area contributed by atoms with Crippen molar-refractivity contribution in [3.8, 4) is 0 Å². The van der Waals surface area contributed by atoms with Crippen LogP contribution >= 0.6 is 0 Å². The Balaban J connectivity index is 3.14. The van der Waals surface area contributed by atoms with Gasteiger partial charge in [-0.2, -0.15) is 4.36 Å². The maximum Gasteiger partial charge on any atom is 0.183 e.